The minimum absolute atomic E-state index is 0.100. The van der Waals surface area contributed by atoms with Crippen molar-refractivity contribution in [1.82, 2.24) is 4.31 Å². The van der Waals surface area contributed by atoms with Crippen molar-refractivity contribution < 1.29 is 22.0 Å². The number of carbonyl (C=O) groups is 1. The SMILES string of the molecule is CCCCS(=O)(=O)N(C)C(=O)C1CC1c1c(F)cccc1F. The Balaban J connectivity index is 2.10. The Labute approximate surface area is 129 Å². The molecule has 1 aliphatic rings. The quantitative estimate of drug-likeness (QED) is 0.805. The van der Waals surface area contributed by atoms with Crippen LogP contribution in [-0.4, -0.2) is 31.4 Å². The van der Waals surface area contributed by atoms with E-state index in [9.17, 15) is 22.0 Å². The summed E-state index contributed by atoms with van der Waals surface area (Å²) in [5.41, 5.74) is -0.125. The first-order chi connectivity index (χ1) is 10.3. The van der Waals surface area contributed by atoms with Gasteiger partial charge in [-0.2, -0.15) is 0 Å². The Morgan fingerprint density at radius 2 is 1.91 bits per heavy atom. The highest BCUT2D eigenvalue weighted by Gasteiger charge is 2.49. The summed E-state index contributed by atoms with van der Waals surface area (Å²) < 4.78 is 52.1. The van der Waals surface area contributed by atoms with Crippen molar-refractivity contribution in [2.45, 2.75) is 32.1 Å². The molecule has 0 radical (unpaired) electrons. The summed E-state index contributed by atoms with van der Waals surface area (Å²) in [5.74, 6) is -3.35. The zero-order valence-electron chi connectivity index (χ0n) is 12.6. The van der Waals surface area contributed by atoms with Gasteiger partial charge in [0.25, 0.3) is 0 Å². The predicted octanol–water partition coefficient (Wildman–Crippen LogP) is 2.66. The number of hydrogen-bond donors (Lipinski definition) is 0. The maximum absolute atomic E-state index is 13.7. The fraction of sp³-hybridized carbons (Fsp3) is 0.533. The molecule has 22 heavy (non-hydrogen) atoms. The van der Waals surface area contributed by atoms with Crippen molar-refractivity contribution in [3.63, 3.8) is 0 Å². The van der Waals surface area contributed by atoms with E-state index in [-0.39, 0.29) is 17.7 Å². The first-order valence-corrected chi connectivity index (χ1v) is 8.84. The molecule has 4 nitrogen and oxygen atoms in total. The Morgan fingerprint density at radius 1 is 1.32 bits per heavy atom. The highest BCUT2D eigenvalue weighted by atomic mass is 32.2. The zero-order valence-corrected chi connectivity index (χ0v) is 13.4. The lowest BCUT2D eigenvalue weighted by molar-refractivity contribution is -0.127. The van der Waals surface area contributed by atoms with E-state index in [1.54, 1.807) is 0 Å². The smallest absolute Gasteiger partial charge is 0.239 e. The van der Waals surface area contributed by atoms with E-state index in [0.717, 1.165) is 16.4 Å². The minimum atomic E-state index is -3.66. The fourth-order valence-electron chi connectivity index (χ4n) is 2.49. The van der Waals surface area contributed by atoms with E-state index in [4.69, 9.17) is 0 Å². The number of sulfonamides is 1. The Morgan fingerprint density at radius 3 is 2.45 bits per heavy atom. The van der Waals surface area contributed by atoms with Crippen LogP contribution in [0.15, 0.2) is 18.2 Å². The van der Waals surface area contributed by atoms with Crippen LogP contribution in [0.5, 0.6) is 0 Å². The third-order valence-electron chi connectivity index (χ3n) is 3.96. The van der Waals surface area contributed by atoms with Gasteiger partial charge in [-0.05, 0) is 25.0 Å². The molecule has 0 N–H and O–H groups in total. The first kappa shape index (κ1) is 16.9. The molecule has 1 aliphatic carbocycles. The Kier molecular flexibility index (Phi) is 4.84. The highest BCUT2D eigenvalue weighted by Crippen LogP contribution is 2.50. The summed E-state index contributed by atoms with van der Waals surface area (Å²) in [6, 6.07) is 3.54. The van der Waals surface area contributed by atoms with Crippen LogP contribution < -0.4 is 0 Å². The molecule has 1 fully saturated rings. The molecule has 1 aromatic rings. The highest BCUT2D eigenvalue weighted by molar-refractivity contribution is 7.89. The van der Waals surface area contributed by atoms with Crippen molar-refractivity contribution in [2.24, 2.45) is 5.92 Å². The fourth-order valence-corrected chi connectivity index (χ4v) is 3.82. The lowest BCUT2D eigenvalue weighted by Gasteiger charge is -2.17. The number of unbranched alkanes of at least 4 members (excludes halogenated alkanes) is 1. The topological polar surface area (TPSA) is 54.5 Å². The lowest BCUT2D eigenvalue weighted by Crippen LogP contribution is -2.36. The average Bonchev–Trinajstić information content (AvgIpc) is 3.23. The second-order valence-electron chi connectivity index (χ2n) is 5.56. The maximum Gasteiger partial charge on any atom is 0.239 e. The number of hydrogen-bond acceptors (Lipinski definition) is 3. The van der Waals surface area contributed by atoms with Crippen molar-refractivity contribution in [2.75, 3.05) is 12.8 Å². The molecule has 0 spiro atoms. The number of amides is 1. The van der Waals surface area contributed by atoms with Gasteiger partial charge in [0.2, 0.25) is 15.9 Å². The van der Waals surface area contributed by atoms with Crippen LogP contribution in [0, 0.1) is 17.6 Å². The van der Waals surface area contributed by atoms with Crippen LogP contribution in [0.3, 0.4) is 0 Å². The summed E-state index contributed by atoms with van der Waals surface area (Å²) in [6.45, 7) is 1.86. The van der Waals surface area contributed by atoms with Gasteiger partial charge in [-0.3, -0.25) is 4.79 Å². The molecule has 1 aromatic carbocycles. The maximum atomic E-state index is 13.7. The van der Waals surface area contributed by atoms with E-state index in [1.165, 1.54) is 13.1 Å². The van der Waals surface area contributed by atoms with Gasteiger partial charge < -0.3 is 0 Å². The van der Waals surface area contributed by atoms with E-state index in [1.807, 2.05) is 6.92 Å². The number of halogens is 2. The minimum Gasteiger partial charge on any atom is -0.273 e. The second kappa shape index (κ2) is 6.32. The van der Waals surface area contributed by atoms with Crippen LogP contribution in [0.4, 0.5) is 8.78 Å². The molecule has 122 valence electrons. The van der Waals surface area contributed by atoms with E-state index < -0.39 is 39.4 Å². The van der Waals surface area contributed by atoms with Gasteiger partial charge in [-0.15, -0.1) is 0 Å². The van der Waals surface area contributed by atoms with Gasteiger partial charge in [0.15, 0.2) is 0 Å². The molecule has 7 heteroatoms. The van der Waals surface area contributed by atoms with Gasteiger partial charge >= 0.3 is 0 Å². The molecular weight excluding hydrogens is 312 g/mol. The van der Waals surface area contributed by atoms with Crippen molar-refractivity contribution in [3.8, 4) is 0 Å². The summed E-state index contributed by atoms with van der Waals surface area (Å²) in [6.07, 6.45) is 1.44. The molecule has 1 amide bonds. The molecule has 2 rings (SSSR count). The van der Waals surface area contributed by atoms with Crippen LogP contribution in [0.2, 0.25) is 0 Å². The normalized spacial score (nSPS) is 20.7. The number of carbonyl (C=O) groups excluding carboxylic acids is 1. The predicted molar refractivity (Wildman–Crippen MR) is 78.7 cm³/mol. The van der Waals surface area contributed by atoms with Gasteiger partial charge in [0.1, 0.15) is 11.6 Å². The van der Waals surface area contributed by atoms with Gasteiger partial charge in [0, 0.05) is 24.4 Å². The van der Waals surface area contributed by atoms with E-state index in [0.29, 0.717) is 12.8 Å². The molecule has 0 bridgehead atoms. The molecular formula is C15H19F2NO3S. The third kappa shape index (κ3) is 3.29. The summed E-state index contributed by atoms with van der Waals surface area (Å²) in [4.78, 5) is 12.2. The second-order valence-corrected chi connectivity index (χ2v) is 7.68. The molecule has 1 saturated carbocycles. The zero-order chi connectivity index (χ0) is 16.5. The van der Waals surface area contributed by atoms with E-state index in [2.05, 4.69) is 0 Å². The summed E-state index contributed by atoms with van der Waals surface area (Å²) in [5, 5.41) is 0. The molecule has 2 unspecified atom stereocenters. The number of nitrogens with zero attached hydrogens (tertiary/aromatic N) is 1. The van der Waals surface area contributed by atoms with Crippen molar-refractivity contribution >= 4 is 15.9 Å². The largest absolute Gasteiger partial charge is 0.273 e. The molecule has 0 aliphatic heterocycles. The summed E-state index contributed by atoms with van der Waals surface area (Å²) >= 11 is 0. The average molecular weight is 331 g/mol. The van der Waals surface area contributed by atoms with Gasteiger partial charge in [0.05, 0.1) is 5.75 Å². The van der Waals surface area contributed by atoms with Crippen LogP contribution in [0.25, 0.3) is 0 Å². The molecule has 0 aromatic heterocycles. The van der Waals surface area contributed by atoms with Crippen molar-refractivity contribution in [3.05, 3.63) is 35.4 Å². The lowest BCUT2D eigenvalue weighted by atomic mass is 10.1. The Bertz CT molecular complexity index is 655. The van der Waals surface area contributed by atoms with Gasteiger partial charge in [-0.1, -0.05) is 19.4 Å². The van der Waals surface area contributed by atoms with Crippen LogP contribution in [-0.2, 0) is 14.8 Å². The van der Waals surface area contributed by atoms with Crippen LogP contribution in [0.1, 0.15) is 37.7 Å². The monoisotopic (exact) mass is 331 g/mol. The Hall–Kier alpha value is -1.50. The third-order valence-corrected chi connectivity index (χ3v) is 5.78. The molecule has 0 saturated heterocycles. The molecule has 0 heterocycles. The van der Waals surface area contributed by atoms with Crippen LogP contribution >= 0.6 is 0 Å². The van der Waals surface area contributed by atoms with Gasteiger partial charge in [-0.25, -0.2) is 21.5 Å². The van der Waals surface area contributed by atoms with E-state index >= 15 is 0 Å². The number of benzene rings is 1. The first-order valence-electron chi connectivity index (χ1n) is 7.24. The standard InChI is InChI=1S/C15H19F2NO3S/c1-3-4-8-22(20,21)18(2)15(19)11-9-10(11)14-12(16)6-5-7-13(14)17/h5-7,10-11H,3-4,8-9H2,1-2H3. The molecule has 2 atom stereocenters. The van der Waals surface area contributed by atoms with Crippen molar-refractivity contribution in [1.29, 1.82) is 0 Å². The number of rotatable bonds is 6. The summed E-state index contributed by atoms with van der Waals surface area (Å²) in [7, 11) is -2.45.